The maximum atomic E-state index is 11.4. The van der Waals surface area contributed by atoms with E-state index in [0.717, 1.165) is 25.7 Å². The Morgan fingerprint density at radius 2 is 2.14 bits per heavy atom. The molecular weight excluding hydrogens is 200 g/mol. The molecule has 1 saturated carbocycles. The average Bonchev–Trinajstić information content (AvgIpc) is 2.81. The predicted molar refractivity (Wildman–Crippen MR) is 57.4 cm³/mol. The lowest BCUT2D eigenvalue weighted by Crippen LogP contribution is -2.29. The predicted octanol–water partition coefficient (Wildman–Crippen LogP) is 0.443. The van der Waals surface area contributed by atoms with Crippen molar-refractivity contribution in [2.24, 2.45) is 11.7 Å². The Bertz CT molecular complexity index is 258. The molecule has 1 atom stereocenters. The molecule has 0 radical (unpaired) electrons. The Morgan fingerprint density at radius 1 is 1.50 bits per heavy atom. The molecule has 3 N–H and O–H groups in total. The fraction of sp³-hybridized carbons (Fsp3) is 1.00. The summed E-state index contributed by atoms with van der Waals surface area (Å²) in [5, 5.41) is 0. The van der Waals surface area contributed by atoms with Crippen molar-refractivity contribution < 1.29 is 8.42 Å². The number of hydrogen-bond donors (Lipinski definition) is 2. The Balaban J connectivity index is 2.09. The quantitative estimate of drug-likeness (QED) is 0.612. The number of sulfonamides is 1. The lowest BCUT2D eigenvalue weighted by molar-refractivity contribution is 0.565. The molecule has 0 aliphatic heterocycles. The first-order valence-electron chi connectivity index (χ1n) is 5.22. The molecule has 0 saturated heterocycles. The van der Waals surface area contributed by atoms with E-state index in [9.17, 15) is 8.42 Å². The zero-order chi connectivity index (χ0) is 10.6. The summed E-state index contributed by atoms with van der Waals surface area (Å²) in [6.07, 6.45) is 3.83. The summed E-state index contributed by atoms with van der Waals surface area (Å²) in [5.41, 5.74) is 5.56. The van der Waals surface area contributed by atoms with Gasteiger partial charge in [0.15, 0.2) is 0 Å². The van der Waals surface area contributed by atoms with Crippen molar-refractivity contribution in [1.29, 1.82) is 0 Å². The molecule has 0 amide bonds. The van der Waals surface area contributed by atoms with Crippen molar-refractivity contribution in [2.45, 2.75) is 38.6 Å². The molecule has 4 nitrogen and oxygen atoms in total. The minimum atomic E-state index is -3.01. The van der Waals surface area contributed by atoms with Gasteiger partial charge in [0.05, 0.1) is 5.75 Å². The summed E-state index contributed by atoms with van der Waals surface area (Å²) in [4.78, 5) is 0. The van der Waals surface area contributed by atoms with Crippen LogP contribution >= 0.6 is 0 Å². The van der Waals surface area contributed by atoms with Gasteiger partial charge < -0.3 is 5.73 Å². The van der Waals surface area contributed by atoms with Crippen molar-refractivity contribution in [3.63, 3.8) is 0 Å². The first-order chi connectivity index (χ1) is 6.49. The number of nitrogens with one attached hydrogen (secondary N) is 1. The van der Waals surface area contributed by atoms with Crippen molar-refractivity contribution in [3.05, 3.63) is 0 Å². The van der Waals surface area contributed by atoms with Crippen LogP contribution in [0.15, 0.2) is 0 Å². The van der Waals surface area contributed by atoms with Gasteiger partial charge in [-0.15, -0.1) is 0 Å². The van der Waals surface area contributed by atoms with Crippen LogP contribution in [0.2, 0.25) is 0 Å². The van der Waals surface area contributed by atoms with Crippen molar-refractivity contribution in [1.82, 2.24) is 4.72 Å². The standard InChI is InChI=1S/C9H20N2O2S/c1-8(10)3-2-6-11-14(12,13)7-9-4-5-9/h8-9,11H,2-7,10H2,1H3. The molecule has 0 aromatic carbocycles. The first-order valence-corrected chi connectivity index (χ1v) is 6.88. The summed E-state index contributed by atoms with van der Waals surface area (Å²) in [6, 6.07) is 0.155. The fourth-order valence-electron chi connectivity index (χ4n) is 1.31. The molecule has 84 valence electrons. The van der Waals surface area contributed by atoms with E-state index in [2.05, 4.69) is 4.72 Å². The number of rotatable bonds is 7. The smallest absolute Gasteiger partial charge is 0.211 e. The second-order valence-electron chi connectivity index (χ2n) is 4.24. The van der Waals surface area contributed by atoms with E-state index in [1.807, 2.05) is 6.92 Å². The van der Waals surface area contributed by atoms with Crippen LogP contribution < -0.4 is 10.5 Å². The summed E-state index contributed by atoms with van der Waals surface area (Å²) in [7, 11) is -3.01. The first kappa shape index (κ1) is 11.9. The molecule has 1 rings (SSSR count). The Labute approximate surface area is 86.3 Å². The molecule has 0 heterocycles. The van der Waals surface area contributed by atoms with Crippen LogP contribution in [0.5, 0.6) is 0 Å². The Kier molecular flexibility index (Phi) is 4.34. The maximum absolute atomic E-state index is 11.4. The molecule has 0 aromatic heterocycles. The highest BCUT2D eigenvalue weighted by Gasteiger charge is 2.27. The molecule has 0 aromatic rings. The van der Waals surface area contributed by atoms with Crippen LogP contribution in [0, 0.1) is 5.92 Å². The van der Waals surface area contributed by atoms with Crippen molar-refractivity contribution in [2.75, 3.05) is 12.3 Å². The van der Waals surface area contributed by atoms with Gasteiger partial charge in [0, 0.05) is 12.6 Å². The van der Waals surface area contributed by atoms with E-state index in [1.54, 1.807) is 0 Å². The van der Waals surface area contributed by atoms with Gasteiger partial charge in [-0.25, -0.2) is 13.1 Å². The van der Waals surface area contributed by atoms with Crippen LogP contribution in [0.1, 0.15) is 32.6 Å². The van der Waals surface area contributed by atoms with Crippen LogP contribution in [-0.2, 0) is 10.0 Å². The van der Waals surface area contributed by atoms with Gasteiger partial charge in [-0.2, -0.15) is 0 Å². The van der Waals surface area contributed by atoms with Crippen LogP contribution in [0.25, 0.3) is 0 Å². The molecule has 1 aliphatic rings. The zero-order valence-electron chi connectivity index (χ0n) is 8.70. The summed E-state index contributed by atoms with van der Waals surface area (Å²) >= 11 is 0. The third-order valence-electron chi connectivity index (χ3n) is 2.31. The van der Waals surface area contributed by atoms with E-state index < -0.39 is 10.0 Å². The van der Waals surface area contributed by atoms with E-state index in [4.69, 9.17) is 5.73 Å². The summed E-state index contributed by atoms with van der Waals surface area (Å²) in [6.45, 7) is 2.45. The van der Waals surface area contributed by atoms with Gasteiger partial charge in [-0.05, 0) is 38.5 Å². The molecule has 1 aliphatic carbocycles. The van der Waals surface area contributed by atoms with E-state index in [1.165, 1.54) is 0 Å². The Hall–Kier alpha value is -0.130. The summed E-state index contributed by atoms with van der Waals surface area (Å²) < 4.78 is 25.4. The highest BCUT2D eigenvalue weighted by atomic mass is 32.2. The molecular formula is C9H20N2O2S. The van der Waals surface area contributed by atoms with Crippen molar-refractivity contribution >= 4 is 10.0 Å². The highest BCUT2D eigenvalue weighted by Crippen LogP contribution is 2.29. The van der Waals surface area contributed by atoms with Crippen LogP contribution in [-0.4, -0.2) is 26.8 Å². The van der Waals surface area contributed by atoms with E-state index >= 15 is 0 Å². The van der Waals surface area contributed by atoms with Crippen LogP contribution in [0.4, 0.5) is 0 Å². The third-order valence-corrected chi connectivity index (χ3v) is 3.86. The van der Waals surface area contributed by atoms with E-state index in [-0.39, 0.29) is 6.04 Å². The largest absolute Gasteiger partial charge is 0.328 e. The zero-order valence-corrected chi connectivity index (χ0v) is 9.52. The molecule has 14 heavy (non-hydrogen) atoms. The van der Waals surface area contributed by atoms with Gasteiger partial charge in [-0.3, -0.25) is 0 Å². The second-order valence-corrected chi connectivity index (χ2v) is 6.09. The Morgan fingerprint density at radius 3 is 2.64 bits per heavy atom. The number of hydrogen-bond acceptors (Lipinski definition) is 3. The van der Waals surface area contributed by atoms with E-state index in [0.29, 0.717) is 18.2 Å². The SMILES string of the molecule is CC(N)CCCNS(=O)(=O)CC1CC1. The fourth-order valence-corrected chi connectivity index (χ4v) is 2.83. The topological polar surface area (TPSA) is 72.2 Å². The number of nitrogens with two attached hydrogens (primary N) is 1. The van der Waals surface area contributed by atoms with Crippen molar-refractivity contribution in [3.8, 4) is 0 Å². The van der Waals surface area contributed by atoms with Gasteiger partial charge in [0.1, 0.15) is 0 Å². The third kappa shape index (κ3) is 5.57. The summed E-state index contributed by atoms with van der Waals surface area (Å²) in [5.74, 6) is 0.728. The monoisotopic (exact) mass is 220 g/mol. The lowest BCUT2D eigenvalue weighted by atomic mass is 10.2. The average molecular weight is 220 g/mol. The molecule has 1 fully saturated rings. The minimum Gasteiger partial charge on any atom is -0.328 e. The molecule has 0 spiro atoms. The van der Waals surface area contributed by atoms with Crippen LogP contribution in [0.3, 0.4) is 0 Å². The molecule has 0 bridgehead atoms. The maximum Gasteiger partial charge on any atom is 0.211 e. The normalized spacial score (nSPS) is 19.6. The second kappa shape index (κ2) is 5.09. The minimum absolute atomic E-state index is 0.155. The van der Waals surface area contributed by atoms with Gasteiger partial charge in [0.25, 0.3) is 0 Å². The van der Waals surface area contributed by atoms with Gasteiger partial charge in [-0.1, -0.05) is 0 Å². The molecule has 1 unspecified atom stereocenters. The molecule has 5 heteroatoms. The highest BCUT2D eigenvalue weighted by molar-refractivity contribution is 7.89. The van der Waals surface area contributed by atoms with Gasteiger partial charge >= 0.3 is 0 Å². The van der Waals surface area contributed by atoms with Gasteiger partial charge in [0.2, 0.25) is 10.0 Å². The lowest BCUT2D eigenvalue weighted by Gasteiger charge is -2.07.